The van der Waals surface area contributed by atoms with Gasteiger partial charge in [0.05, 0.1) is 6.04 Å². The fourth-order valence-electron chi connectivity index (χ4n) is 2.27. The molecule has 1 unspecified atom stereocenters. The van der Waals surface area contributed by atoms with Crippen LogP contribution in [0.5, 0.6) is 5.75 Å². The van der Waals surface area contributed by atoms with E-state index in [1.54, 1.807) is 44.3 Å². The van der Waals surface area contributed by atoms with E-state index in [0.29, 0.717) is 22.3 Å². The molecule has 2 aromatic carbocycles. The number of rotatable bonds is 7. The SMILES string of the molecule is CC(C(=O)Nc1cc(Cl)cc(Cl)c1)N(C)Cc1ccc(OC(F)F)cc1. The summed E-state index contributed by atoms with van der Waals surface area (Å²) in [5.41, 5.74) is 1.38. The highest BCUT2D eigenvalue weighted by Gasteiger charge is 2.18. The molecule has 8 heteroatoms. The van der Waals surface area contributed by atoms with Gasteiger partial charge in [0.15, 0.2) is 0 Å². The third-order valence-corrected chi connectivity index (χ3v) is 4.19. The molecule has 0 aliphatic heterocycles. The summed E-state index contributed by atoms with van der Waals surface area (Å²) >= 11 is 11.8. The van der Waals surface area contributed by atoms with Gasteiger partial charge in [-0.3, -0.25) is 9.69 Å². The molecule has 4 nitrogen and oxygen atoms in total. The summed E-state index contributed by atoms with van der Waals surface area (Å²) in [5.74, 6) is -0.126. The molecule has 26 heavy (non-hydrogen) atoms. The van der Waals surface area contributed by atoms with Crippen LogP contribution in [0.15, 0.2) is 42.5 Å². The number of amides is 1. The number of likely N-dealkylation sites (N-methyl/N-ethyl adjacent to an activating group) is 1. The predicted octanol–water partition coefficient (Wildman–Crippen LogP) is 5.05. The Morgan fingerprint density at radius 3 is 2.27 bits per heavy atom. The summed E-state index contributed by atoms with van der Waals surface area (Å²) in [5, 5.41) is 3.63. The Balaban J connectivity index is 1.95. The van der Waals surface area contributed by atoms with E-state index in [1.165, 1.54) is 12.1 Å². The molecular weight excluding hydrogens is 385 g/mol. The number of nitrogens with zero attached hydrogens (tertiary/aromatic N) is 1. The second kappa shape index (κ2) is 9.16. The van der Waals surface area contributed by atoms with Gasteiger partial charge in [0.2, 0.25) is 5.91 Å². The van der Waals surface area contributed by atoms with Crippen molar-refractivity contribution in [1.82, 2.24) is 4.90 Å². The second-order valence-corrected chi connectivity index (χ2v) is 6.63. The number of nitrogens with one attached hydrogen (secondary N) is 1. The van der Waals surface area contributed by atoms with Crippen LogP contribution in [0.1, 0.15) is 12.5 Å². The van der Waals surface area contributed by atoms with Crippen molar-refractivity contribution in [1.29, 1.82) is 0 Å². The Morgan fingerprint density at radius 2 is 1.73 bits per heavy atom. The predicted molar refractivity (Wildman–Crippen MR) is 99.1 cm³/mol. The van der Waals surface area contributed by atoms with Crippen LogP contribution in [0.3, 0.4) is 0 Å². The van der Waals surface area contributed by atoms with Crippen molar-refractivity contribution in [2.24, 2.45) is 0 Å². The van der Waals surface area contributed by atoms with Crippen LogP contribution in [0.25, 0.3) is 0 Å². The third-order valence-electron chi connectivity index (χ3n) is 3.75. The molecule has 0 aliphatic rings. The number of carbonyl (C=O) groups excluding carboxylic acids is 1. The van der Waals surface area contributed by atoms with Gasteiger partial charge in [-0.1, -0.05) is 35.3 Å². The molecule has 2 rings (SSSR count). The molecule has 0 radical (unpaired) electrons. The smallest absolute Gasteiger partial charge is 0.387 e. The lowest BCUT2D eigenvalue weighted by molar-refractivity contribution is -0.120. The van der Waals surface area contributed by atoms with E-state index in [-0.39, 0.29) is 11.7 Å². The van der Waals surface area contributed by atoms with E-state index < -0.39 is 12.7 Å². The van der Waals surface area contributed by atoms with E-state index >= 15 is 0 Å². The van der Waals surface area contributed by atoms with Crippen molar-refractivity contribution in [2.75, 3.05) is 12.4 Å². The number of anilines is 1. The minimum Gasteiger partial charge on any atom is -0.435 e. The molecule has 0 heterocycles. The summed E-state index contributed by atoms with van der Waals surface area (Å²) in [6, 6.07) is 10.6. The molecule has 140 valence electrons. The molecule has 1 amide bonds. The molecule has 0 aliphatic carbocycles. The van der Waals surface area contributed by atoms with Gasteiger partial charge in [-0.15, -0.1) is 0 Å². The van der Waals surface area contributed by atoms with Crippen molar-refractivity contribution in [3.8, 4) is 5.75 Å². The maximum absolute atomic E-state index is 12.4. The average molecular weight is 403 g/mol. The third kappa shape index (κ3) is 6.12. The normalized spacial score (nSPS) is 12.3. The zero-order valence-electron chi connectivity index (χ0n) is 14.2. The first-order valence-corrected chi connectivity index (χ1v) is 8.51. The van der Waals surface area contributed by atoms with E-state index in [2.05, 4.69) is 10.1 Å². The summed E-state index contributed by atoms with van der Waals surface area (Å²) in [6.07, 6.45) is 0. The quantitative estimate of drug-likeness (QED) is 0.703. The number of benzene rings is 2. The molecule has 2 aromatic rings. The van der Waals surface area contributed by atoms with Crippen molar-refractivity contribution in [3.63, 3.8) is 0 Å². The first kappa shape index (κ1) is 20.4. The number of hydrogen-bond donors (Lipinski definition) is 1. The first-order valence-electron chi connectivity index (χ1n) is 7.75. The molecule has 1 atom stereocenters. The standard InChI is InChI=1S/C18H18Cl2F2N2O2/c1-11(17(25)23-15-8-13(19)7-14(20)9-15)24(2)10-12-3-5-16(6-4-12)26-18(21)22/h3-9,11,18H,10H2,1-2H3,(H,23,25). The molecule has 0 fully saturated rings. The summed E-state index contributed by atoms with van der Waals surface area (Å²) in [4.78, 5) is 14.2. The first-order chi connectivity index (χ1) is 12.2. The van der Waals surface area contributed by atoms with Gasteiger partial charge in [0.25, 0.3) is 0 Å². The highest BCUT2D eigenvalue weighted by Crippen LogP contribution is 2.23. The zero-order valence-corrected chi connectivity index (χ0v) is 15.7. The van der Waals surface area contributed by atoms with Crippen molar-refractivity contribution in [3.05, 3.63) is 58.1 Å². The van der Waals surface area contributed by atoms with Crippen LogP contribution >= 0.6 is 23.2 Å². The van der Waals surface area contributed by atoms with Gasteiger partial charge in [0, 0.05) is 22.3 Å². The number of alkyl halides is 2. The molecular formula is C18H18Cl2F2N2O2. The Kier molecular flexibility index (Phi) is 7.20. The Labute approximate surface area is 160 Å². The topological polar surface area (TPSA) is 41.6 Å². The summed E-state index contributed by atoms with van der Waals surface area (Å²) in [6.45, 7) is -0.637. The highest BCUT2D eigenvalue weighted by atomic mass is 35.5. The van der Waals surface area contributed by atoms with Crippen LogP contribution in [-0.2, 0) is 11.3 Å². The van der Waals surface area contributed by atoms with Crippen LogP contribution < -0.4 is 10.1 Å². The lowest BCUT2D eigenvalue weighted by atomic mass is 10.1. The minimum absolute atomic E-state index is 0.0926. The van der Waals surface area contributed by atoms with Gasteiger partial charge in [-0.2, -0.15) is 8.78 Å². The zero-order chi connectivity index (χ0) is 19.3. The lowest BCUT2D eigenvalue weighted by Crippen LogP contribution is -2.39. The monoisotopic (exact) mass is 402 g/mol. The number of hydrogen-bond acceptors (Lipinski definition) is 3. The van der Waals surface area contributed by atoms with Crippen molar-refractivity contribution in [2.45, 2.75) is 26.1 Å². The highest BCUT2D eigenvalue weighted by molar-refractivity contribution is 6.35. The fraction of sp³-hybridized carbons (Fsp3) is 0.278. The molecule has 0 saturated heterocycles. The van der Waals surface area contributed by atoms with Gasteiger partial charge in [-0.25, -0.2) is 0 Å². The van der Waals surface area contributed by atoms with E-state index in [9.17, 15) is 13.6 Å². The van der Waals surface area contributed by atoms with Crippen LogP contribution in [0.4, 0.5) is 14.5 Å². The van der Waals surface area contributed by atoms with E-state index in [4.69, 9.17) is 23.2 Å². The number of carbonyl (C=O) groups is 1. The van der Waals surface area contributed by atoms with Gasteiger partial charge >= 0.3 is 6.61 Å². The molecule has 0 saturated carbocycles. The Bertz CT molecular complexity index is 737. The van der Waals surface area contributed by atoms with Crippen LogP contribution in [-0.4, -0.2) is 30.5 Å². The van der Waals surface area contributed by atoms with Crippen molar-refractivity contribution < 1.29 is 18.3 Å². The molecule has 0 bridgehead atoms. The Hall–Kier alpha value is -1.89. The largest absolute Gasteiger partial charge is 0.435 e. The maximum Gasteiger partial charge on any atom is 0.387 e. The molecule has 0 aromatic heterocycles. The average Bonchev–Trinajstić information content (AvgIpc) is 2.54. The van der Waals surface area contributed by atoms with Gasteiger partial charge in [-0.05, 0) is 49.9 Å². The van der Waals surface area contributed by atoms with E-state index in [0.717, 1.165) is 5.56 Å². The molecule has 0 spiro atoms. The van der Waals surface area contributed by atoms with Crippen LogP contribution in [0.2, 0.25) is 10.0 Å². The van der Waals surface area contributed by atoms with Crippen LogP contribution in [0, 0.1) is 0 Å². The summed E-state index contributed by atoms with van der Waals surface area (Å²) in [7, 11) is 1.79. The van der Waals surface area contributed by atoms with Crippen molar-refractivity contribution >= 4 is 34.8 Å². The molecule has 1 N–H and O–H groups in total. The Morgan fingerprint density at radius 1 is 1.15 bits per heavy atom. The van der Waals surface area contributed by atoms with E-state index in [1.807, 2.05) is 4.90 Å². The lowest BCUT2D eigenvalue weighted by Gasteiger charge is -2.24. The summed E-state index contributed by atoms with van der Waals surface area (Å²) < 4.78 is 28.6. The maximum atomic E-state index is 12.4. The minimum atomic E-state index is -2.85. The van der Waals surface area contributed by atoms with Gasteiger partial charge < -0.3 is 10.1 Å². The van der Waals surface area contributed by atoms with Gasteiger partial charge in [0.1, 0.15) is 5.75 Å². The fourth-order valence-corrected chi connectivity index (χ4v) is 2.80. The number of ether oxygens (including phenoxy) is 1. The second-order valence-electron chi connectivity index (χ2n) is 5.76. The number of halogens is 4.